The van der Waals surface area contributed by atoms with Gasteiger partial charge < -0.3 is 12.7 Å². The minimum Gasteiger partial charge on any atom is -1.00 e. The van der Waals surface area contributed by atoms with Gasteiger partial charge in [-0.2, -0.15) is 0 Å². The molecule has 11 heavy (non-hydrogen) atoms. The molecule has 1 N–H and O–H groups in total. The SMILES string of the molecule is CCOC(=O)/C=C/C(=O)O.[H-].[H-].[Mg+2]. The van der Waals surface area contributed by atoms with Crippen molar-refractivity contribution in [1.82, 2.24) is 0 Å². The normalized spacial score (nSPS) is 8.82. The summed E-state index contributed by atoms with van der Waals surface area (Å²) in [6.45, 7) is 1.90. The van der Waals surface area contributed by atoms with Gasteiger partial charge in [0.1, 0.15) is 0 Å². The van der Waals surface area contributed by atoms with Crippen LogP contribution in [0.3, 0.4) is 0 Å². The molecule has 0 fully saturated rings. The number of ether oxygens (including phenoxy) is 1. The van der Waals surface area contributed by atoms with E-state index < -0.39 is 11.9 Å². The van der Waals surface area contributed by atoms with E-state index in [1.54, 1.807) is 6.92 Å². The van der Waals surface area contributed by atoms with Crippen molar-refractivity contribution in [3.05, 3.63) is 12.2 Å². The van der Waals surface area contributed by atoms with Gasteiger partial charge in [-0.15, -0.1) is 0 Å². The summed E-state index contributed by atoms with van der Waals surface area (Å²) in [7, 11) is 0. The number of esters is 1. The summed E-state index contributed by atoms with van der Waals surface area (Å²) in [6.07, 6.45) is 1.60. The number of aliphatic carboxylic acids is 1. The molecule has 0 spiro atoms. The summed E-state index contributed by atoms with van der Waals surface area (Å²) in [5.74, 6) is -1.79. The first kappa shape index (κ1) is 13.1. The minimum atomic E-state index is -1.16. The summed E-state index contributed by atoms with van der Waals surface area (Å²) >= 11 is 0. The standard InChI is InChI=1S/C6H8O4.Mg.2H/c1-2-10-6(9)4-3-5(7)8;;;/h3-4H,2H2,1H3,(H,7,8);;;/q;+2;2*-1/b4-3+;;;. The van der Waals surface area contributed by atoms with Crippen LogP contribution in [0.5, 0.6) is 0 Å². The molecule has 5 heteroatoms. The maximum atomic E-state index is 10.4. The second-order valence-electron chi connectivity index (χ2n) is 1.42. The van der Waals surface area contributed by atoms with Gasteiger partial charge >= 0.3 is 35.0 Å². The van der Waals surface area contributed by atoms with Crippen molar-refractivity contribution in [1.29, 1.82) is 0 Å². The Kier molecular flexibility index (Phi) is 8.97. The molecule has 0 atom stereocenters. The first-order chi connectivity index (χ1) is 4.66. The maximum Gasteiger partial charge on any atom is 2.00 e. The average molecular weight is 170 g/mol. The van der Waals surface area contributed by atoms with E-state index in [0.717, 1.165) is 12.2 Å². The van der Waals surface area contributed by atoms with Crippen molar-refractivity contribution in [2.24, 2.45) is 0 Å². The van der Waals surface area contributed by atoms with Crippen molar-refractivity contribution >= 4 is 35.0 Å². The number of carboxylic acid groups (broad SMARTS) is 1. The zero-order valence-electron chi connectivity index (χ0n) is 8.24. The first-order valence-corrected chi connectivity index (χ1v) is 2.74. The van der Waals surface area contributed by atoms with Crippen molar-refractivity contribution < 1.29 is 22.3 Å². The Morgan fingerprint density at radius 3 is 2.45 bits per heavy atom. The van der Waals surface area contributed by atoms with E-state index in [1.165, 1.54) is 0 Å². The van der Waals surface area contributed by atoms with Gasteiger partial charge in [0.2, 0.25) is 0 Å². The van der Waals surface area contributed by atoms with Crippen LogP contribution in [0.4, 0.5) is 0 Å². The number of carbonyl (C=O) groups is 2. The molecule has 0 aromatic rings. The second kappa shape index (κ2) is 7.55. The van der Waals surface area contributed by atoms with Crippen molar-refractivity contribution in [3.63, 3.8) is 0 Å². The van der Waals surface area contributed by atoms with Gasteiger partial charge in [0.15, 0.2) is 0 Å². The van der Waals surface area contributed by atoms with Gasteiger partial charge in [-0.1, -0.05) is 0 Å². The van der Waals surface area contributed by atoms with Gasteiger partial charge in [0.05, 0.1) is 6.61 Å². The molecule has 0 aromatic carbocycles. The van der Waals surface area contributed by atoms with Crippen molar-refractivity contribution in [2.75, 3.05) is 6.61 Å². The molecule has 0 aliphatic rings. The molecule has 4 nitrogen and oxygen atoms in total. The van der Waals surface area contributed by atoms with E-state index in [0.29, 0.717) is 0 Å². The second-order valence-corrected chi connectivity index (χ2v) is 1.42. The van der Waals surface area contributed by atoms with Gasteiger partial charge in [0.25, 0.3) is 0 Å². The van der Waals surface area contributed by atoms with Crippen LogP contribution < -0.4 is 0 Å². The van der Waals surface area contributed by atoms with E-state index in [4.69, 9.17) is 5.11 Å². The van der Waals surface area contributed by atoms with Crippen LogP contribution in [0.1, 0.15) is 9.78 Å². The number of rotatable bonds is 3. The molecule has 0 radical (unpaired) electrons. The summed E-state index contributed by atoms with van der Waals surface area (Å²) in [4.78, 5) is 20.2. The smallest absolute Gasteiger partial charge is 1.00 e. The predicted molar refractivity (Wildman–Crippen MR) is 41.4 cm³/mol. The van der Waals surface area contributed by atoms with E-state index >= 15 is 0 Å². The van der Waals surface area contributed by atoms with Crippen molar-refractivity contribution in [3.8, 4) is 0 Å². The molecular weight excluding hydrogens is 160 g/mol. The van der Waals surface area contributed by atoms with E-state index in [-0.39, 0.29) is 32.5 Å². The number of hydrogen-bond donors (Lipinski definition) is 1. The fourth-order valence-corrected chi connectivity index (χ4v) is 0.330. The Morgan fingerprint density at radius 1 is 1.55 bits per heavy atom. The van der Waals surface area contributed by atoms with Gasteiger partial charge in [-0.3, -0.25) is 0 Å². The molecule has 0 saturated heterocycles. The van der Waals surface area contributed by atoms with E-state index in [2.05, 4.69) is 4.74 Å². The predicted octanol–water partition coefficient (Wildman–Crippen LogP) is 0.0345. The van der Waals surface area contributed by atoms with E-state index in [9.17, 15) is 9.59 Å². The molecule has 0 aromatic heterocycles. The van der Waals surface area contributed by atoms with Crippen LogP contribution in [-0.4, -0.2) is 46.7 Å². The van der Waals surface area contributed by atoms with Crippen LogP contribution in [0.25, 0.3) is 0 Å². The van der Waals surface area contributed by atoms with Crippen LogP contribution in [0, 0.1) is 0 Å². The van der Waals surface area contributed by atoms with Gasteiger partial charge in [-0.25, -0.2) is 9.59 Å². The van der Waals surface area contributed by atoms with Crippen LogP contribution in [0.15, 0.2) is 12.2 Å². The monoisotopic (exact) mass is 170 g/mol. The molecule has 0 unspecified atom stereocenters. The number of carbonyl (C=O) groups excluding carboxylic acids is 1. The molecule has 0 aliphatic heterocycles. The van der Waals surface area contributed by atoms with Gasteiger partial charge in [0, 0.05) is 12.2 Å². The van der Waals surface area contributed by atoms with Crippen LogP contribution >= 0.6 is 0 Å². The Hall–Kier alpha value is -0.554. The first-order valence-electron chi connectivity index (χ1n) is 2.74. The molecular formula is C6H10MgO4. The number of hydrogen-bond acceptors (Lipinski definition) is 3. The van der Waals surface area contributed by atoms with Crippen molar-refractivity contribution in [2.45, 2.75) is 6.92 Å². The van der Waals surface area contributed by atoms with Crippen LogP contribution in [0.2, 0.25) is 0 Å². The number of carboxylic acids is 1. The summed E-state index contributed by atoms with van der Waals surface area (Å²) in [5.41, 5.74) is 0. The van der Waals surface area contributed by atoms with Gasteiger partial charge in [-0.05, 0) is 6.92 Å². The maximum absolute atomic E-state index is 10.4. The Bertz CT molecular complexity index is 172. The summed E-state index contributed by atoms with van der Waals surface area (Å²) in [5, 5.41) is 8.04. The molecule has 0 rings (SSSR count). The largest absolute Gasteiger partial charge is 2.00 e. The summed E-state index contributed by atoms with van der Waals surface area (Å²) in [6, 6.07) is 0. The molecule has 0 heterocycles. The van der Waals surface area contributed by atoms with Crippen LogP contribution in [-0.2, 0) is 14.3 Å². The Balaban J connectivity index is -0.000000135. The fraction of sp³-hybridized carbons (Fsp3) is 0.333. The quantitative estimate of drug-likeness (QED) is 0.369. The Labute approximate surface area is 83.3 Å². The molecule has 0 aliphatic carbocycles. The third-order valence-electron chi connectivity index (χ3n) is 0.649. The molecule has 60 valence electrons. The minimum absolute atomic E-state index is 0. The Morgan fingerprint density at radius 2 is 2.09 bits per heavy atom. The fourth-order valence-electron chi connectivity index (χ4n) is 0.330. The molecule has 0 amide bonds. The zero-order valence-corrected chi connectivity index (χ0v) is 7.66. The molecule has 0 bridgehead atoms. The third-order valence-corrected chi connectivity index (χ3v) is 0.649. The average Bonchev–Trinajstić information content (AvgIpc) is 1.85. The topological polar surface area (TPSA) is 63.6 Å². The summed E-state index contributed by atoms with van der Waals surface area (Å²) < 4.78 is 4.40. The zero-order chi connectivity index (χ0) is 7.98. The third kappa shape index (κ3) is 9.45. The molecule has 0 saturated carbocycles. The van der Waals surface area contributed by atoms with E-state index in [1.807, 2.05) is 0 Å².